The number of aliphatic hydroxyl groups is 1. The Balaban J connectivity index is 3.10. The van der Waals surface area contributed by atoms with Crippen LogP contribution in [0.15, 0.2) is 61.4 Å². The zero-order chi connectivity index (χ0) is 9.68. The molecule has 13 heavy (non-hydrogen) atoms. The van der Waals surface area contributed by atoms with E-state index < -0.39 is 0 Å². The number of hydrogen-bond donors (Lipinski definition) is 1. The van der Waals surface area contributed by atoms with Crippen molar-refractivity contribution in [2.45, 2.75) is 0 Å². The van der Waals surface area contributed by atoms with E-state index in [1.807, 2.05) is 30.3 Å². The van der Waals surface area contributed by atoms with Crippen LogP contribution in [0.3, 0.4) is 0 Å². The minimum absolute atomic E-state index is 0.0612. The average Bonchev–Trinajstić information content (AvgIpc) is 2.15. The highest BCUT2D eigenvalue weighted by atomic mass is 16.3. The summed E-state index contributed by atoms with van der Waals surface area (Å²) in [6.45, 7) is 7.07. The molecule has 0 spiro atoms. The third-order valence-electron chi connectivity index (χ3n) is 1.68. The van der Waals surface area contributed by atoms with Crippen LogP contribution in [0.2, 0.25) is 0 Å². The molecule has 0 amide bonds. The fourth-order valence-electron chi connectivity index (χ4n) is 1.09. The Labute approximate surface area is 78.3 Å². The molecule has 0 aromatic heterocycles. The Bertz CT molecular complexity index is 333. The first-order valence-electron chi connectivity index (χ1n) is 4.02. The van der Waals surface area contributed by atoms with Crippen molar-refractivity contribution in [2.75, 3.05) is 0 Å². The van der Waals surface area contributed by atoms with Gasteiger partial charge in [0.1, 0.15) is 5.76 Å². The summed E-state index contributed by atoms with van der Waals surface area (Å²) in [6.07, 6.45) is 3.36. The molecular weight excluding hydrogens is 160 g/mol. The van der Waals surface area contributed by atoms with Crippen LogP contribution in [0.5, 0.6) is 0 Å². The van der Waals surface area contributed by atoms with Gasteiger partial charge in [0.05, 0.1) is 0 Å². The normalized spacial score (nSPS) is 10.9. The summed E-state index contributed by atoms with van der Waals surface area (Å²) in [5.74, 6) is 0.0612. The second-order valence-corrected chi connectivity index (χ2v) is 2.63. The summed E-state index contributed by atoms with van der Waals surface area (Å²) in [5.41, 5.74) is 1.64. The Morgan fingerprint density at radius 3 is 2.31 bits per heavy atom. The SMILES string of the molecule is C=C/C=C(\C(=C)O)c1ccccc1. The maximum Gasteiger partial charge on any atom is 0.116 e. The highest BCUT2D eigenvalue weighted by Crippen LogP contribution is 2.19. The van der Waals surface area contributed by atoms with Crippen molar-refractivity contribution < 1.29 is 5.11 Å². The predicted molar refractivity (Wildman–Crippen MR) is 56.4 cm³/mol. The van der Waals surface area contributed by atoms with Gasteiger partial charge < -0.3 is 5.11 Å². The quantitative estimate of drug-likeness (QED) is 0.547. The molecule has 0 aliphatic carbocycles. The summed E-state index contributed by atoms with van der Waals surface area (Å²) in [6, 6.07) is 9.58. The number of hydrogen-bond acceptors (Lipinski definition) is 1. The third-order valence-corrected chi connectivity index (χ3v) is 1.68. The second-order valence-electron chi connectivity index (χ2n) is 2.63. The van der Waals surface area contributed by atoms with Crippen molar-refractivity contribution >= 4 is 5.57 Å². The van der Waals surface area contributed by atoms with Gasteiger partial charge in [0.25, 0.3) is 0 Å². The van der Waals surface area contributed by atoms with Crippen molar-refractivity contribution in [1.82, 2.24) is 0 Å². The van der Waals surface area contributed by atoms with Gasteiger partial charge in [0, 0.05) is 5.57 Å². The fraction of sp³-hybridized carbons (Fsp3) is 0. The Morgan fingerprint density at radius 1 is 1.23 bits per heavy atom. The number of benzene rings is 1. The lowest BCUT2D eigenvalue weighted by Gasteiger charge is -2.03. The Hall–Kier alpha value is -1.76. The molecule has 0 aliphatic heterocycles. The smallest absolute Gasteiger partial charge is 0.116 e. The molecule has 0 fully saturated rings. The summed E-state index contributed by atoms with van der Waals surface area (Å²) in [4.78, 5) is 0. The molecule has 0 bridgehead atoms. The van der Waals surface area contributed by atoms with Crippen molar-refractivity contribution in [3.05, 3.63) is 67.0 Å². The van der Waals surface area contributed by atoms with E-state index >= 15 is 0 Å². The van der Waals surface area contributed by atoms with Crippen molar-refractivity contribution in [2.24, 2.45) is 0 Å². The molecule has 0 unspecified atom stereocenters. The molecule has 0 heterocycles. The largest absolute Gasteiger partial charge is 0.508 e. The van der Waals surface area contributed by atoms with Crippen molar-refractivity contribution in [1.29, 1.82) is 0 Å². The van der Waals surface area contributed by atoms with Crippen LogP contribution in [0.4, 0.5) is 0 Å². The van der Waals surface area contributed by atoms with Crippen LogP contribution in [0.1, 0.15) is 5.56 Å². The molecule has 0 saturated heterocycles. The van der Waals surface area contributed by atoms with Gasteiger partial charge in [-0.1, -0.05) is 55.6 Å². The van der Waals surface area contributed by atoms with E-state index in [-0.39, 0.29) is 5.76 Å². The zero-order valence-electron chi connectivity index (χ0n) is 7.40. The fourth-order valence-corrected chi connectivity index (χ4v) is 1.09. The number of rotatable bonds is 3. The van der Waals surface area contributed by atoms with E-state index in [0.717, 1.165) is 5.56 Å². The minimum atomic E-state index is 0.0612. The molecule has 0 aliphatic rings. The first kappa shape index (κ1) is 9.33. The lowest BCUT2D eigenvalue weighted by atomic mass is 10.0. The van der Waals surface area contributed by atoms with E-state index in [4.69, 9.17) is 0 Å². The second kappa shape index (κ2) is 4.31. The highest BCUT2D eigenvalue weighted by Gasteiger charge is 2.01. The molecule has 0 radical (unpaired) electrons. The monoisotopic (exact) mass is 172 g/mol. The summed E-state index contributed by atoms with van der Waals surface area (Å²) in [5, 5.41) is 9.29. The number of aliphatic hydroxyl groups excluding tert-OH is 1. The molecule has 66 valence electrons. The number of allylic oxidation sites excluding steroid dienone is 3. The molecule has 1 nitrogen and oxygen atoms in total. The van der Waals surface area contributed by atoms with Crippen LogP contribution in [0.25, 0.3) is 5.57 Å². The van der Waals surface area contributed by atoms with Crippen LogP contribution in [0, 0.1) is 0 Å². The van der Waals surface area contributed by atoms with Gasteiger partial charge in [-0.2, -0.15) is 0 Å². The Kier molecular flexibility index (Phi) is 3.09. The van der Waals surface area contributed by atoms with Crippen LogP contribution in [-0.4, -0.2) is 5.11 Å². The third kappa shape index (κ3) is 2.34. The first-order chi connectivity index (χ1) is 6.25. The van der Waals surface area contributed by atoms with Crippen LogP contribution in [-0.2, 0) is 0 Å². The molecule has 1 heteroatoms. The highest BCUT2D eigenvalue weighted by molar-refractivity contribution is 5.77. The summed E-state index contributed by atoms with van der Waals surface area (Å²) >= 11 is 0. The molecule has 1 aromatic carbocycles. The summed E-state index contributed by atoms with van der Waals surface area (Å²) < 4.78 is 0. The summed E-state index contributed by atoms with van der Waals surface area (Å²) in [7, 11) is 0. The molecule has 1 N–H and O–H groups in total. The zero-order valence-corrected chi connectivity index (χ0v) is 7.40. The van der Waals surface area contributed by atoms with Crippen LogP contribution < -0.4 is 0 Å². The standard InChI is InChI=1S/C12H12O/c1-3-7-12(10(2)13)11-8-5-4-6-9-11/h3-9,13H,1-2H2/b12-7+. The van der Waals surface area contributed by atoms with Gasteiger partial charge in [-0.05, 0) is 5.56 Å². The Morgan fingerprint density at radius 2 is 1.85 bits per heavy atom. The maximum absolute atomic E-state index is 9.29. The van der Waals surface area contributed by atoms with E-state index in [1.165, 1.54) is 0 Å². The van der Waals surface area contributed by atoms with Gasteiger partial charge in [-0.25, -0.2) is 0 Å². The topological polar surface area (TPSA) is 20.2 Å². The van der Waals surface area contributed by atoms with E-state index in [9.17, 15) is 5.11 Å². The van der Waals surface area contributed by atoms with E-state index in [2.05, 4.69) is 13.2 Å². The van der Waals surface area contributed by atoms with Gasteiger partial charge >= 0.3 is 0 Å². The molecular formula is C12H12O. The van der Waals surface area contributed by atoms with Gasteiger partial charge in [-0.15, -0.1) is 0 Å². The lowest BCUT2D eigenvalue weighted by molar-refractivity contribution is 0.440. The first-order valence-corrected chi connectivity index (χ1v) is 4.02. The van der Waals surface area contributed by atoms with Crippen molar-refractivity contribution in [3.63, 3.8) is 0 Å². The van der Waals surface area contributed by atoms with Gasteiger partial charge in [-0.3, -0.25) is 0 Å². The minimum Gasteiger partial charge on any atom is -0.508 e. The van der Waals surface area contributed by atoms with Gasteiger partial charge in [0.15, 0.2) is 0 Å². The maximum atomic E-state index is 9.29. The van der Waals surface area contributed by atoms with Gasteiger partial charge in [0.2, 0.25) is 0 Å². The molecule has 1 aromatic rings. The predicted octanol–water partition coefficient (Wildman–Crippen LogP) is 3.33. The van der Waals surface area contributed by atoms with Crippen molar-refractivity contribution in [3.8, 4) is 0 Å². The molecule has 0 atom stereocenters. The van der Waals surface area contributed by atoms with Crippen LogP contribution >= 0.6 is 0 Å². The lowest BCUT2D eigenvalue weighted by Crippen LogP contribution is -1.86. The molecule has 0 saturated carbocycles. The average molecular weight is 172 g/mol. The molecule has 1 rings (SSSR count). The van der Waals surface area contributed by atoms with E-state index in [0.29, 0.717) is 5.57 Å². The van der Waals surface area contributed by atoms with E-state index in [1.54, 1.807) is 12.2 Å².